The molecule has 1 aliphatic rings. The van der Waals surface area contributed by atoms with Gasteiger partial charge in [0, 0.05) is 39.8 Å². The van der Waals surface area contributed by atoms with E-state index >= 15 is 0 Å². The van der Waals surface area contributed by atoms with Crippen molar-refractivity contribution in [3.8, 4) is 0 Å². The number of hydrogen-bond donors (Lipinski definition) is 2. The first kappa shape index (κ1) is 20.1. The second-order valence-corrected chi connectivity index (χ2v) is 7.34. The minimum Gasteiger partial charge on any atom is -0.369 e. The van der Waals surface area contributed by atoms with Crippen LogP contribution in [0.4, 0.5) is 5.95 Å². The van der Waals surface area contributed by atoms with Gasteiger partial charge < -0.3 is 15.2 Å². The molecule has 10 nitrogen and oxygen atoms in total. The highest BCUT2D eigenvalue weighted by molar-refractivity contribution is 5.76. The molecule has 0 bridgehead atoms. The van der Waals surface area contributed by atoms with E-state index in [1.165, 1.54) is 4.57 Å². The van der Waals surface area contributed by atoms with Gasteiger partial charge in [-0.15, -0.1) is 0 Å². The number of nitrogens with zero attached hydrogens (tertiary/aromatic N) is 5. The molecule has 0 saturated carbocycles. The van der Waals surface area contributed by atoms with Crippen molar-refractivity contribution in [1.82, 2.24) is 24.0 Å². The fourth-order valence-corrected chi connectivity index (χ4v) is 3.70. The number of amides is 1. The monoisotopic (exact) mass is 391 g/mol. The molecule has 3 N–H and O–H groups in total. The second kappa shape index (κ2) is 8.59. The molecule has 1 fully saturated rings. The molecule has 154 valence electrons. The van der Waals surface area contributed by atoms with Crippen molar-refractivity contribution in [3.63, 3.8) is 0 Å². The summed E-state index contributed by atoms with van der Waals surface area (Å²) >= 11 is 0. The lowest BCUT2D eigenvalue weighted by Gasteiger charge is -2.34. The number of carbonyl (C=O) groups excluding carboxylic acids is 1. The number of hydrogen-bond acceptors (Lipinski definition) is 6. The number of nitrogens with two attached hydrogens (primary N) is 1. The van der Waals surface area contributed by atoms with Gasteiger partial charge in [0.05, 0.1) is 6.54 Å². The zero-order chi connectivity index (χ0) is 20.3. The molecule has 2 aromatic heterocycles. The molecule has 0 spiro atoms. The fraction of sp³-hybridized carbons (Fsp3) is 0.667. The van der Waals surface area contributed by atoms with Gasteiger partial charge in [0.2, 0.25) is 11.9 Å². The summed E-state index contributed by atoms with van der Waals surface area (Å²) in [7, 11) is 1.61. The first-order valence-corrected chi connectivity index (χ1v) is 9.87. The molecule has 3 rings (SSSR count). The Hall–Kier alpha value is -2.62. The Bertz CT molecular complexity index is 950. The summed E-state index contributed by atoms with van der Waals surface area (Å²) in [5.74, 6) is 0.370. The molecule has 0 radical (unpaired) electrons. The molecule has 1 aliphatic heterocycles. The molecule has 1 saturated heterocycles. The van der Waals surface area contributed by atoms with E-state index in [-0.39, 0.29) is 12.5 Å². The van der Waals surface area contributed by atoms with Crippen LogP contribution >= 0.6 is 0 Å². The van der Waals surface area contributed by atoms with Gasteiger partial charge in [-0.05, 0) is 6.42 Å². The van der Waals surface area contributed by atoms with E-state index in [9.17, 15) is 14.4 Å². The van der Waals surface area contributed by atoms with Crippen molar-refractivity contribution in [2.75, 3.05) is 37.6 Å². The molecular formula is C18H29N7O3. The number of anilines is 1. The summed E-state index contributed by atoms with van der Waals surface area (Å²) < 4.78 is 3.32. The first-order chi connectivity index (χ1) is 13.4. The summed E-state index contributed by atoms with van der Waals surface area (Å²) in [5.41, 5.74) is 5.26. The minimum atomic E-state index is -0.467. The Labute approximate surface area is 162 Å². The SMILES string of the molecule is CCCCCCn1c(N2CCN(CC(N)=O)CC2)nc2c1c(=O)[nH]c(=O)n2C. The Kier molecular flexibility index (Phi) is 6.18. The van der Waals surface area contributed by atoms with Gasteiger partial charge in [-0.1, -0.05) is 26.2 Å². The molecule has 1 amide bonds. The first-order valence-electron chi connectivity index (χ1n) is 9.87. The van der Waals surface area contributed by atoms with Crippen LogP contribution < -0.4 is 21.9 Å². The van der Waals surface area contributed by atoms with Crippen molar-refractivity contribution < 1.29 is 4.79 Å². The number of piperazine rings is 1. The third-order valence-electron chi connectivity index (χ3n) is 5.26. The van der Waals surface area contributed by atoms with Crippen LogP contribution in [-0.2, 0) is 18.4 Å². The van der Waals surface area contributed by atoms with Gasteiger partial charge in [-0.25, -0.2) is 4.79 Å². The maximum atomic E-state index is 12.5. The molecule has 0 unspecified atom stereocenters. The fourth-order valence-electron chi connectivity index (χ4n) is 3.70. The van der Waals surface area contributed by atoms with Crippen LogP contribution in [0, 0.1) is 0 Å². The van der Waals surface area contributed by atoms with Crippen molar-refractivity contribution in [3.05, 3.63) is 20.8 Å². The van der Waals surface area contributed by atoms with Gasteiger partial charge in [0.1, 0.15) is 0 Å². The average Bonchev–Trinajstić information content (AvgIpc) is 3.04. The molecule has 28 heavy (non-hydrogen) atoms. The van der Waals surface area contributed by atoms with Gasteiger partial charge in [-0.3, -0.25) is 24.0 Å². The summed E-state index contributed by atoms with van der Waals surface area (Å²) in [6.45, 7) is 5.82. The largest absolute Gasteiger partial charge is 0.369 e. The summed E-state index contributed by atoms with van der Waals surface area (Å²) in [6.07, 6.45) is 4.29. The summed E-state index contributed by atoms with van der Waals surface area (Å²) in [4.78, 5) is 46.8. The molecule has 10 heteroatoms. The molecule has 0 aromatic carbocycles. The number of aromatic nitrogens is 4. The lowest BCUT2D eigenvalue weighted by Crippen LogP contribution is -2.49. The van der Waals surface area contributed by atoms with Crippen LogP contribution in [-0.4, -0.2) is 62.6 Å². The van der Waals surface area contributed by atoms with Crippen LogP contribution in [0.25, 0.3) is 11.2 Å². The van der Waals surface area contributed by atoms with E-state index in [2.05, 4.69) is 21.8 Å². The van der Waals surface area contributed by atoms with E-state index in [0.717, 1.165) is 25.7 Å². The van der Waals surface area contributed by atoms with Crippen LogP contribution in [0.2, 0.25) is 0 Å². The Morgan fingerprint density at radius 1 is 1.14 bits per heavy atom. The maximum Gasteiger partial charge on any atom is 0.329 e. The quantitative estimate of drug-likeness (QED) is 0.591. The molecule has 3 heterocycles. The number of aryl methyl sites for hydroxylation is 2. The topological polar surface area (TPSA) is 122 Å². The third kappa shape index (κ3) is 4.11. The Morgan fingerprint density at radius 2 is 1.86 bits per heavy atom. The maximum absolute atomic E-state index is 12.5. The molecule has 0 aliphatic carbocycles. The standard InChI is InChI=1S/C18H29N7O3/c1-3-4-5-6-7-25-14-15(22(2)18(28)21-16(14)27)20-17(25)24-10-8-23(9-11-24)12-13(19)26/h3-12H2,1-2H3,(H2,19,26)(H,21,27,28). The predicted octanol–water partition coefficient (Wildman–Crippen LogP) is -0.389. The third-order valence-corrected chi connectivity index (χ3v) is 5.26. The number of carbonyl (C=O) groups is 1. The highest BCUT2D eigenvalue weighted by Gasteiger charge is 2.25. The zero-order valence-corrected chi connectivity index (χ0v) is 16.6. The number of aromatic amines is 1. The minimum absolute atomic E-state index is 0.245. The lowest BCUT2D eigenvalue weighted by molar-refractivity contribution is -0.119. The smallest absolute Gasteiger partial charge is 0.329 e. The highest BCUT2D eigenvalue weighted by Crippen LogP contribution is 2.22. The number of unbranched alkanes of at least 4 members (excludes halogenated alkanes) is 3. The number of fused-ring (bicyclic) bond motifs is 1. The van der Waals surface area contributed by atoms with E-state index in [1.807, 2.05) is 9.47 Å². The van der Waals surface area contributed by atoms with E-state index in [1.54, 1.807) is 7.05 Å². The summed E-state index contributed by atoms with van der Waals surface area (Å²) in [6, 6.07) is 0. The van der Waals surface area contributed by atoms with Crippen LogP contribution in [0.15, 0.2) is 9.59 Å². The number of nitrogens with one attached hydrogen (secondary N) is 1. The van der Waals surface area contributed by atoms with Gasteiger partial charge >= 0.3 is 5.69 Å². The van der Waals surface area contributed by atoms with Crippen molar-refractivity contribution >= 4 is 23.0 Å². The number of primary amides is 1. The van der Waals surface area contributed by atoms with Gasteiger partial charge in [0.25, 0.3) is 5.56 Å². The number of imidazole rings is 1. The van der Waals surface area contributed by atoms with E-state index < -0.39 is 11.2 Å². The highest BCUT2D eigenvalue weighted by atomic mass is 16.2. The van der Waals surface area contributed by atoms with Crippen molar-refractivity contribution in [2.24, 2.45) is 12.8 Å². The molecule has 2 aromatic rings. The van der Waals surface area contributed by atoms with Crippen molar-refractivity contribution in [2.45, 2.75) is 39.2 Å². The van der Waals surface area contributed by atoms with E-state index in [4.69, 9.17) is 5.73 Å². The van der Waals surface area contributed by atoms with E-state index in [0.29, 0.717) is 49.8 Å². The van der Waals surface area contributed by atoms with Crippen LogP contribution in [0.3, 0.4) is 0 Å². The lowest BCUT2D eigenvalue weighted by atomic mass is 10.2. The molecule has 0 atom stereocenters. The Morgan fingerprint density at radius 3 is 2.50 bits per heavy atom. The number of H-pyrrole nitrogens is 1. The predicted molar refractivity (Wildman–Crippen MR) is 108 cm³/mol. The second-order valence-electron chi connectivity index (χ2n) is 7.34. The average molecular weight is 391 g/mol. The van der Waals surface area contributed by atoms with Crippen LogP contribution in [0.1, 0.15) is 32.6 Å². The summed E-state index contributed by atoms with van der Waals surface area (Å²) in [5, 5.41) is 0. The van der Waals surface area contributed by atoms with Crippen molar-refractivity contribution in [1.29, 1.82) is 0 Å². The normalized spacial score (nSPS) is 15.4. The van der Waals surface area contributed by atoms with Crippen LogP contribution in [0.5, 0.6) is 0 Å². The van der Waals surface area contributed by atoms with Gasteiger partial charge in [-0.2, -0.15) is 4.98 Å². The van der Waals surface area contributed by atoms with Gasteiger partial charge in [0.15, 0.2) is 11.2 Å². The zero-order valence-electron chi connectivity index (χ0n) is 16.6. The Balaban J connectivity index is 1.93. The molecular weight excluding hydrogens is 362 g/mol. The number of rotatable bonds is 8.